The summed E-state index contributed by atoms with van der Waals surface area (Å²) in [4.78, 5) is 0. The highest BCUT2D eigenvalue weighted by molar-refractivity contribution is 8.29. The van der Waals surface area contributed by atoms with E-state index in [1.807, 2.05) is 0 Å². The second-order valence-corrected chi connectivity index (χ2v) is 19.1. The van der Waals surface area contributed by atoms with E-state index < -0.39 is 0 Å². The Morgan fingerprint density at radius 3 is 0.685 bits per heavy atom. The van der Waals surface area contributed by atoms with Gasteiger partial charge in [-0.3, -0.25) is 0 Å². The lowest BCUT2D eigenvalue weighted by Crippen LogP contribution is -1.98. The van der Waals surface area contributed by atoms with Gasteiger partial charge in [-0.15, -0.1) is 0 Å². The van der Waals surface area contributed by atoms with Crippen molar-refractivity contribution in [3.8, 4) is 33.4 Å². The Kier molecular flexibility index (Phi) is 8.65. The van der Waals surface area contributed by atoms with Crippen LogP contribution in [0.1, 0.15) is 33.4 Å². The van der Waals surface area contributed by atoms with E-state index in [4.69, 9.17) is 28.4 Å². The van der Waals surface area contributed by atoms with E-state index in [0.717, 1.165) is 43.3 Å². The Labute approximate surface area is 338 Å². The molecule has 0 amide bonds. The third-order valence-corrected chi connectivity index (χ3v) is 17.4. The number of rotatable bonds is 6. The summed E-state index contributed by atoms with van der Waals surface area (Å²) in [5, 5.41) is 4.58. The Bertz CT molecular complexity index is 2220. The van der Waals surface area contributed by atoms with Crippen molar-refractivity contribution in [1.82, 2.24) is 0 Å². The van der Waals surface area contributed by atoms with Gasteiger partial charge in [-0.2, -0.15) is 0 Å². The van der Waals surface area contributed by atoms with Gasteiger partial charge in [0, 0.05) is 33.4 Å². The molecule has 12 heteroatoms. The van der Waals surface area contributed by atoms with Crippen LogP contribution in [0.2, 0.25) is 0 Å². The van der Waals surface area contributed by atoms with E-state index in [0.29, 0.717) is 0 Å². The Morgan fingerprint density at radius 1 is 0.278 bits per heavy atom. The lowest BCUT2D eigenvalue weighted by atomic mass is 9.84. The largest absolute Gasteiger partial charge is 0.487 e. The molecule has 54 heavy (non-hydrogen) atoms. The summed E-state index contributed by atoms with van der Waals surface area (Å²) in [5.74, 6) is 0. The number of benzene rings is 4. The maximum atomic E-state index is 5.88. The lowest BCUT2D eigenvalue weighted by molar-refractivity contribution is 0.267. The highest BCUT2D eigenvalue weighted by Gasteiger charge is 2.46. The monoisotopic (exact) mass is 822 g/mol. The van der Waals surface area contributed by atoms with Gasteiger partial charge in [0.2, 0.25) is 30.5 Å². The number of thioether (sulfide) groups is 6. The first-order valence-corrected chi connectivity index (χ1v) is 21.8. The summed E-state index contributed by atoms with van der Waals surface area (Å²) in [6, 6.07) is 26.5. The zero-order chi connectivity index (χ0) is 36.8. The molecular weight excluding hydrogens is 793 g/mol. The molecule has 0 saturated carbocycles. The van der Waals surface area contributed by atoms with Crippen molar-refractivity contribution >= 4 is 87.3 Å². The van der Waals surface area contributed by atoms with Crippen molar-refractivity contribution in [1.29, 1.82) is 0 Å². The second-order valence-electron chi connectivity index (χ2n) is 12.4. The number of methoxy groups -OCH3 is 6. The molecule has 10 rings (SSSR count). The molecule has 0 spiro atoms. The molecule has 3 aliphatic heterocycles. The van der Waals surface area contributed by atoms with E-state index in [1.54, 1.807) is 113 Å². The molecule has 0 bridgehead atoms. The van der Waals surface area contributed by atoms with Crippen molar-refractivity contribution < 1.29 is 28.4 Å². The van der Waals surface area contributed by atoms with Crippen LogP contribution in [0, 0.1) is 0 Å². The molecule has 0 saturated heterocycles. The molecule has 0 N–H and O–H groups in total. The van der Waals surface area contributed by atoms with E-state index in [-0.39, 0.29) is 0 Å². The van der Waals surface area contributed by atoms with Crippen LogP contribution in [-0.4, -0.2) is 42.7 Å². The smallest absolute Gasteiger partial charge is 0.208 e. The minimum Gasteiger partial charge on any atom is -0.487 e. The van der Waals surface area contributed by atoms with E-state index in [2.05, 4.69) is 72.8 Å². The predicted octanol–water partition coefficient (Wildman–Crippen LogP) is 12.5. The molecule has 6 aliphatic rings. The minimum absolute atomic E-state index is 0.764. The molecule has 4 aromatic carbocycles. The van der Waals surface area contributed by atoms with Crippen molar-refractivity contribution in [3.63, 3.8) is 0 Å². The first-order chi connectivity index (χ1) is 26.5. The quantitative estimate of drug-likeness (QED) is 0.160. The molecule has 3 aliphatic carbocycles. The van der Waals surface area contributed by atoms with Gasteiger partial charge in [0.15, 0.2) is 0 Å². The molecule has 270 valence electrons. The fourth-order valence-corrected chi connectivity index (χ4v) is 15.0. The summed E-state index contributed by atoms with van der Waals surface area (Å²) in [6.07, 6.45) is 0. The van der Waals surface area contributed by atoms with E-state index in [9.17, 15) is 0 Å². The Hall–Kier alpha value is -3.78. The van der Waals surface area contributed by atoms with Crippen molar-refractivity contribution in [3.05, 3.63) is 149 Å². The molecule has 0 unspecified atom stereocenters. The maximum absolute atomic E-state index is 5.88. The fraction of sp³-hybridized carbons (Fsp3) is 0.143. The van der Waals surface area contributed by atoms with Crippen LogP contribution < -0.4 is 0 Å². The normalized spacial score (nSPS) is 17.7. The van der Waals surface area contributed by atoms with Gasteiger partial charge in [-0.05, 0) is 121 Å². The molecule has 0 atom stereocenters. The summed E-state index contributed by atoms with van der Waals surface area (Å²) in [5.41, 5.74) is 18.2. The standard InChI is InChI=1S/C42H30O6S6/c1-43-34-35(44-2)50-40(49-34)28-22-16-10-7-13-19(22)25-31(28)26-20-14-8-11-17-23(20)29(41-51-36(45-3)37(46-4)52-41)33(26)27-21-15-9-12-18-24(21)30(32(25)27)42-53-38(47-5)39(48-6)54-42/h7-18H,1-6H3. The number of ether oxygens (including phenoxy) is 6. The van der Waals surface area contributed by atoms with Crippen LogP contribution in [0.5, 0.6) is 0 Å². The van der Waals surface area contributed by atoms with Gasteiger partial charge in [-0.25, -0.2) is 0 Å². The Morgan fingerprint density at radius 2 is 0.481 bits per heavy atom. The molecule has 0 fully saturated rings. The Balaban J connectivity index is 1.39. The van der Waals surface area contributed by atoms with E-state index >= 15 is 0 Å². The van der Waals surface area contributed by atoms with Crippen LogP contribution in [0.4, 0.5) is 0 Å². The van der Waals surface area contributed by atoms with Crippen molar-refractivity contribution in [2.75, 3.05) is 42.7 Å². The highest BCUT2D eigenvalue weighted by atomic mass is 32.2. The van der Waals surface area contributed by atoms with Gasteiger partial charge >= 0.3 is 0 Å². The summed E-state index contributed by atoms with van der Waals surface area (Å²) >= 11 is 9.81. The summed E-state index contributed by atoms with van der Waals surface area (Å²) in [7, 11) is 10.3. The predicted molar refractivity (Wildman–Crippen MR) is 229 cm³/mol. The molecule has 0 aromatic heterocycles. The summed E-state index contributed by atoms with van der Waals surface area (Å²) in [6.45, 7) is 0. The SMILES string of the molecule is COC1=C(OC)SC(=C2c3ccccc3-c3c2c2c(c4c3C(=C3SC(OC)=C(OC)S3)c3ccccc3-4)C(=C3SC(OC)=C(OC)S3)c3ccccc3-2)S1. The van der Waals surface area contributed by atoms with Gasteiger partial charge in [0.25, 0.3) is 0 Å². The van der Waals surface area contributed by atoms with Crippen LogP contribution in [0.15, 0.2) is 116 Å². The lowest BCUT2D eigenvalue weighted by Gasteiger charge is -2.20. The van der Waals surface area contributed by atoms with Crippen LogP contribution >= 0.6 is 70.6 Å². The maximum Gasteiger partial charge on any atom is 0.208 e. The molecule has 6 nitrogen and oxygen atoms in total. The molecule has 0 radical (unpaired) electrons. The topological polar surface area (TPSA) is 55.4 Å². The minimum atomic E-state index is 0.764. The van der Waals surface area contributed by atoms with Crippen molar-refractivity contribution in [2.45, 2.75) is 0 Å². The average molecular weight is 823 g/mol. The van der Waals surface area contributed by atoms with Crippen LogP contribution in [0.3, 0.4) is 0 Å². The van der Waals surface area contributed by atoms with Gasteiger partial charge in [0.05, 0.1) is 55.4 Å². The van der Waals surface area contributed by atoms with E-state index in [1.165, 1.54) is 83.5 Å². The van der Waals surface area contributed by atoms with Crippen LogP contribution in [0.25, 0.3) is 50.1 Å². The zero-order valence-electron chi connectivity index (χ0n) is 29.8. The number of hydrogen-bond donors (Lipinski definition) is 0. The number of fused-ring (bicyclic) bond motifs is 12. The van der Waals surface area contributed by atoms with Gasteiger partial charge < -0.3 is 28.4 Å². The second kappa shape index (κ2) is 13.5. The average Bonchev–Trinajstić information content (AvgIpc) is 4.06. The zero-order valence-corrected chi connectivity index (χ0v) is 34.7. The first kappa shape index (κ1) is 34.7. The fourth-order valence-electron chi connectivity index (χ4n) is 7.98. The molecular formula is C42H30O6S6. The van der Waals surface area contributed by atoms with Gasteiger partial charge in [0.1, 0.15) is 0 Å². The summed E-state index contributed by atoms with van der Waals surface area (Å²) < 4.78 is 38.7. The highest BCUT2D eigenvalue weighted by Crippen LogP contribution is 2.70. The third-order valence-electron chi connectivity index (χ3n) is 9.98. The van der Waals surface area contributed by atoms with Crippen molar-refractivity contribution in [2.24, 2.45) is 0 Å². The number of hydrogen-bond acceptors (Lipinski definition) is 12. The molecule has 4 aromatic rings. The third kappa shape index (κ3) is 4.83. The molecule has 3 heterocycles. The van der Waals surface area contributed by atoms with Crippen LogP contribution in [-0.2, 0) is 28.4 Å². The first-order valence-electron chi connectivity index (χ1n) is 16.9. The van der Waals surface area contributed by atoms with Gasteiger partial charge in [-0.1, -0.05) is 72.8 Å².